The zero-order valence-electron chi connectivity index (χ0n) is 13.7. The Morgan fingerprint density at radius 3 is 2.76 bits per heavy atom. The van der Waals surface area contributed by atoms with Gasteiger partial charge in [0.15, 0.2) is 0 Å². The zero-order chi connectivity index (χ0) is 17.8. The Bertz CT molecular complexity index is 907. The number of hydrogen-bond donors (Lipinski definition) is 1. The number of benzene rings is 1. The molecule has 0 saturated carbocycles. The molecule has 8 heteroatoms. The molecule has 0 saturated heterocycles. The Labute approximate surface area is 143 Å². The van der Waals surface area contributed by atoms with Crippen molar-refractivity contribution in [3.8, 4) is 23.0 Å². The van der Waals surface area contributed by atoms with Crippen molar-refractivity contribution in [1.29, 1.82) is 0 Å². The van der Waals surface area contributed by atoms with Crippen LogP contribution in [0, 0.1) is 0 Å². The van der Waals surface area contributed by atoms with Gasteiger partial charge in [-0.15, -0.1) is 0 Å². The maximum absolute atomic E-state index is 11.3. The highest BCUT2D eigenvalue weighted by Gasteiger charge is 2.19. The molecule has 0 fully saturated rings. The van der Waals surface area contributed by atoms with E-state index < -0.39 is 5.97 Å². The van der Waals surface area contributed by atoms with Crippen LogP contribution in [0.1, 0.15) is 16.1 Å². The third-order valence-electron chi connectivity index (χ3n) is 3.60. The molecule has 0 bridgehead atoms. The van der Waals surface area contributed by atoms with Gasteiger partial charge in [-0.3, -0.25) is 0 Å². The van der Waals surface area contributed by atoms with Crippen molar-refractivity contribution in [2.45, 2.75) is 6.61 Å². The predicted octanol–water partition coefficient (Wildman–Crippen LogP) is 2.18. The van der Waals surface area contributed by atoms with E-state index in [2.05, 4.69) is 15.1 Å². The number of aromatic carboxylic acids is 1. The molecule has 0 aliphatic heterocycles. The molecule has 0 aliphatic carbocycles. The fraction of sp³-hybridized carbons (Fsp3) is 0.176. The number of methoxy groups -OCH3 is 2. The second-order valence-corrected chi connectivity index (χ2v) is 5.10. The Balaban J connectivity index is 2.10. The van der Waals surface area contributed by atoms with Crippen molar-refractivity contribution in [3.63, 3.8) is 0 Å². The van der Waals surface area contributed by atoms with Crippen LogP contribution < -0.4 is 4.74 Å². The number of rotatable bonds is 6. The Morgan fingerprint density at radius 1 is 1.24 bits per heavy atom. The number of carboxylic acid groups (broad SMARTS) is 1. The van der Waals surface area contributed by atoms with Crippen LogP contribution in [0.4, 0.5) is 0 Å². The summed E-state index contributed by atoms with van der Waals surface area (Å²) in [5.74, 6) is -0.155. The third-order valence-corrected chi connectivity index (χ3v) is 3.60. The largest absolute Gasteiger partial charge is 0.496 e. The van der Waals surface area contributed by atoms with Gasteiger partial charge in [0.2, 0.25) is 0 Å². The molecule has 0 aliphatic rings. The fourth-order valence-corrected chi connectivity index (χ4v) is 2.46. The number of carboxylic acids is 1. The van der Waals surface area contributed by atoms with Crippen LogP contribution in [0.2, 0.25) is 0 Å². The minimum atomic E-state index is -1.08. The highest BCUT2D eigenvalue weighted by Crippen LogP contribution is 2.28. The summed E-state index contributed by atoms with van der Waals surface area (Å²) in [7, 11) is 3.07. The Morgan fingerprint density at radius 2 is 2.04 bits per heavy atom. The molecular formula is C17H16N4O4. The fourth-order valence-electron chi connectivity index (χ4n) is 2.46. The van der Waals surface area contributed by atoms with Gasteiger partial charge in [0.25, 0.3) is 5.95 Å². The van der Waals surface area contributed by atoms with Gasteiger partial charge in [0.1, 0.15) is 11.3 Å². The van der Waals surface area contributed by atoms with Crippen molar-refractivity contribution >= 4 is 5.97 Å². The Kier molecular flexibility index (Phi) is 4.71. The SMILES string of the molecule is COCc1c(C(=O)O)cnn1-c1nccc(-c2ccccc2OC)n1. The molecule has 1 N–H and O–H groups in total. The van der Waals surface area contributed by atoms with Crippen LogP contribution in [0.25, 0.3) is 17.2 Å². The van der Waals surface area contributed by atoms with Gasteiger partial charge < -0.3 is 14.6 Å². The first-order chi connectivity index (χ1) is 12.2. The summed E-state index contributed by atoms with van der Waals surface area (Å²) in [5, 5.41) is 13.4. The van der Waals surface area contributed by atoms with Gasteiger partial charge in [-0.05, 0) is 18.2 Å². The summed E-state index contributed by atoms with van der Waals surface area (Å²) in [4.78, 5) is 20.1. The minimum absolute atomic E-state index is 0.0492. The van der Waals surface area contributed by atoms with Gasteiger partial charge in [-0.25, -0.2) is 14.8 Å². The van der Waals surface area contributed by atoms with Gasteiger partial charge in [0.05, 0.1) is 31.3 Å². The first-order valence-electron chi connectivity index (χ1n) is 7.41. The predicted molar refractivity (Wildman–Crippen MR) is 88.8 cm³/mol. The van der Waals surface area contributed by atoms with E-state index >= 15 is 0 Å². The molecule has 0 amide bonds. The van der Waals surface area contributed by atoms with E-state index in [1.807, 2.05) is 24.3 Å². The number of ether oxygens (including phenoxy) is 2. The van der Waals surface area contributed by atoms with Gasteiger partial charge in [0, 0.05) is 18.9 Å². The molecular weight excluding hydrogens is 324 g/mol. The summed E-state index contributed by atoms with van der Waals surface area (Å²) >= 11 is 0. The maximum Gasteiger partial charge on any atom is 0.339 e. The molecule has 0 spiro atoms. The molecule has 128 valence electrons. The smallest absolute Gasteiger partial charge is 0.339 e. The minimum Gasteiger partial charge on any atom is -0.496 e. The van der Waals surface area contributed by atoms with E-state index in [1.165, 1.54) is 18.0 Å². The summed E-state index contributed by atoms with van der Waals surface area (Å²) in [6, 6.07) is 9.22. The topological polar surface area (TPSA) is 99.4 Å². The van der Waals surface area contributed by atoms with Crippen LogP contribution in [-0.4, -0.2) is 45.0 Å². The second kappa shape index (κ2) is 7.10. The number of para-hydroxylation sites is 1. The quantitative estimate of drug-likeness (QED) is 0.734. The van der Waals surface area contributed by atoms with Crippen molar-refractivity contribution in [2.24, 2.45) is 0 Å². The summed E-state index contributed by atoms with van der Waals surface area (Å²) in [6.07, 6.45) is 2.85. The van der Waals surface area contributed by atoms with Crippen molar-refractivity contribution in [2.75, 3.05) is 14.2 Å². The first kappa shape index (κ1) is 16.6. The molecule has 0 radical (unpaired) electrons. The molecule has 2 aromatic heterocycles. The molecule has 25 heavy (non-hydrogen) atoms. The first-order valence-corrected chi connectivity index (χ1v) is 7.41. The van der Waals surface area contributed by atoms with Gasteiger partial charge >= 0.3 is 5.97 Å². The van der Waals surface area contributed by atoms with E-state index in [9.17, 15) is 9.90 Å². The lowest BCUT2D eigenvalue weighted by atomic mass is 10.1. The van der Waals surface area contributed by atoms with Crippen molar-refractivity contribution in [1.82, 2.24) is 19.7 Å². The van der Waals surface area contributed by atoms with Gasteiger partial charge in [-0.1, -0.05) is 12.1 Å². The van der Waals surface area contributed by atoms with Crippen LogP contribution in [0.15, 0.2) is 42.7 Å². The van der Waals surface area contributed by atoms with Crippen molar-refractivity contribution < 1.29 is 19.4 Å². The average molecular weight is 340 g/mol. The monoisotopic (exact) mass is 340 g/mol. The molecule has 3 rings (SSSR count). The molecule has 2 heterocycles. The van der Waals surface area contributed by atoms with Crippen LogP contribution in [0.5, 0.6) is 5.75 Å². The third kappa shape index (κ3) is 3.20. The summed E-state index contributed by atoms with van der Waals surface area (Å²) < 4.78 is 11.8. The number of nitrogens with zero attached hydrogens (tertiary/aromatic N) is 4. The molecule has 3 aromatic rings. The van der Waals surface area contributed by atoms with Crippen LogP contribution in [-0.2, 0) is 11.3 Å². The number of hydrogen-bond acceptors (Lipinski definition) is 6. The molecule has 0 atom stereocenters. The average Bonchev–Trinajstić information content (AvgIpc) is 3.06. The molecule has 1 aromatic carbocycles. The lowest BCUT2D eigenvalue weighted by Crippen LogP contribution is -2.10. The molecule has 8 nitrogen and oxygen atoms in total. The van der Waals surface area contributed by atoms with E-state index in [4.69, 9.17) is 9.47 Å². The van der Waals surface area contributed by atoms with E-state index in [0.29, 0.717) is 17.1 Å². The second-order valence-electron chi connectivity index (χ2n) is 5.10. The lowest BCUT2D eigenvalue weighted by molar-refractivity contribution is 0.0691. The van der Waals surface area contributed by atoms with Gasteiger partial charge in [-0.2, -0.15) is 9.78 Å². The van der Waals surface area contributed by atoms with E-state index in [0.717, 1.165) is 5.56 Å². The number of aromatic nitrogens is 4. The molecule has 0 unspecified atom stereocenters. The standard InChI is InChI=1S/C17H16N4O4/c1-24-10-14-12(16(22)23)9-19-21(14)17-18-8-7-13(20-17)11-5-3-4-6-15(11)25-2/h3-9H,10H2,1-2H3,(H,22,23). The Hall–Kier alpha value is -3.26. The van der Waals surface area contributed by atoms with Crippen LogP contribution in [0.3, 0.4) is 0 Å². The summed E-state index contributed by atoms with van der Waals surface area (Å²) in [6.45, 7) is 0.0733. The normalized spacial score (nSPS) is 10.6. The van der Waals surface area contributed by atoms with Crippen molar-refractivity contribution in [3.05, 3.63) is 54.0 Å². The highest BCUT2D eigenvalue weighted by atomic mass is 16.5. The number of carbonyl (C=O) groups is 1. The van der Waals surface area contributed by atoms with E-state index in [-0.39, 0.29) is 18.1 Å². The summed E-state index contributed by atoms with van der Waals surface area (Å²) in [5.41, 5.74) is 1.85. The zero-order valence-corrected chi connectivity index (χ0v) is 13.7. The van der Waals surface area contributed by atoms with E-state index in [1.54, 1.807) is 19.4 Å². The highest BCUT2D eigenvalue weighted by molar-refractivity contribution is 5.88. The lowest BCUT2D eigenvalue weighted by Gasteiger charge is -2.10. The van der Waals surface area contributed by atoms with Crippen LogP contribution >= 0.6 is 0 Å². The maximum atomic E-state index is 11.3.